The van der Waals surface area contributed by atoms with Gasteiger partial charge in [-0.05, 0) is 5.92 Å². The van der Waals surface area contributed by atoms with Crippen molar-refractivity contribution in [2.24, 2.45) is 5.92 Å². The minimum absolute atomic E-state index is 0.591. The largest absolute Gasteiger partial charge is 0.252 e. The Morgan fingerprint density at radius 1 is 1.70 bits per heavy atom. The summed E-state index contributed by atoms with van der Waals surface area (Å²) >= 11 is 1.63. The predicted molar refractivity (Wildman–Crippen MR) is 41.4 cm³/mol. The van der Waals surface area contributed by atoms with Crippen LogP contribution in [0.5, 0.6) is 0 Å². The number of rotatable bonds is 3. The van der Waals surface area contributed by atoms with Crippen molar-refractivity contribution in [1.82, 2.24) is 15.4 Å². The third-order valence-corrected chi connectivity index (χ3v) is 1.99. The van der Waals surface area contributed by atoms with Crippen LogP contribution in [0.15, 0.2) is 11.2 Å². The van der Waals surface area contributed by atoms with Crippen molar-refractivity contribution < 1.29 is 0 Å². The molecule has 3 nitrogen and oxygen atoms in total. The Kier molecular flexibility index (Phi) is 2.74. The van der Waals surface area contributed by atoms with Crippen molar-refractivity contribution in [2.75, 3.05) is 0 Å². The lowest BCUT2D eigenvalue weighted by Gasteiger charge is -1.98. The summed E-state index contributed by atoms with van der Waals surface area (Å²) in [5.74, 6) is 2.73. The van der Waals surface area contributed by atoms with E-state index in [1.807, 2.05) is 0 Å². The summed E-state index contributed by atoms with van der Waals surface area (Å²) in [6, 6.07) is 0. The minimum Gasteiger partial charge on any atom is -0.252 e. The number of hydrogen-bond acceptors (Lipinski definition) is 3. The molecule has 0 aliphatic rings. The molecular weight excluding hydrogens is 146 g/mol. The van der Waals surface area contributed by atoms with Gasteiger partial charge in [-0.15, -0.1) is 16.9 Å². The summed E-state index contributed by atoms with van der Waals surface area (Å²) in [5, 5.41) is 11.0. The molecule has 1 aromatic rings. The van der Waals surface area contributed by atoms with E-state index >= 15 is 0 Å². The smallest absolute Gasteiger partial charge is 0.111 e. The Bertz CT molecular complexity index is 171. The lowest BCUT2D eigenvalue weighted by molar-refractivity contribution is 0.810. The molecule has 1 N–H and O–H groups in total. The van der Waals surface area contributed by atoms with Crippen LogP contribution < -0.4 is 0 Å². The van der Waals surface area contributed by atoms with Gasteiger partial charge in [0.25, 0.3) is 0 Å². The van der Waals surface area contributed by atoms with Crippen LogP contribution in [0.25, 0.3) is 0 Å². The number of nitrogens with zero attached hydrogens (tertiary/aromatic N) is 2. The molecule has 1 aromatic heterocycles. The highest BCUT2D eigenvalue weighted by molar-refractivity contribution is 8.01. The summed E-state index contributed by atoms with van der Waals surface area (Å²) < 4.78 is 0. The second-order valence-electron chi connectivity index (χ2n) is 2.32. The van der Waals surface area contributed by atoms with Gasteiger partial charge in [-0.25, -0.2) is 0 Å². The molecule has 1 rings (SSSR count). The molecule has 0 aliphatic carbocycles. The molecule has 4 heteroatoms. The van der Waals surface area contributed by atoms with E-state index in [9.17, 15) is 0 Å². The lowest BCUT2D eigenvalue weighted by Crippen LogP contribution is -1.82. The molecular formula is C6H10N3S. The van der Waals surface area contributed by atoms with Gasteiger partial charge in [0, 0.05) is 5.75 Å². The van der Waals surface area contributed by atoms with Gasteiger partial charge in [0.05, 0.1) is 6.20 Å². The summed E-state index contributed by atoms with van der Waals surface area (Å²) in [6.45, 7) is 4.27. The number of H-pyrrole nitrogens is 1. The van der Waals surface area contributed by atoms with Gasteiger partial charge in [-0.2, -0.15) is 0 Å². The van der Waals surface area contributed by atoms with E-state index in [-0.39, 0.29) is 0 Å². The topological polar surface area (TPSA) is 41.6 Å². The second-order valence-corrected chi connectivity index (χ2v) is 3.27. The second kappa shape index (κ2) is 3.61. The zero-order valence-corrected chi connectivity index (χ0v) is 6.85. The van der Waals surface area contributed by atoms with Crippen LogP contribution in [0.3, 0.4) is 0 Å². The van der Waals surface area contributed by atoms with Gasteiger partial charge < -0.3 is 0 Å². The molecule has 0 saturated heterocycles. The number of hydrogen-bond donors (Lipinski definition) is 1. The number of thioether (sulfide) groups is 1. The summed E-state index contributed by atoms with van der Waals surface area (Å²) in [7, 11) is 0. The average molecular weight is 156 g/mol. The lowest BCUT2D eigenvalue weighted by atomic mass is 10.3. The van der Waals surface area contributed by atoms with Crippen molar-refractivity contribution in [3.05, 3.63) is 11.9 Å². The van der Waals surface area contributed by atoms with Gasteiger partial charge in [-0.3, -0.25) is 5.10 Å². The Morgan fingerprint density at radius 2 is 2.50 bits per heavy atom. The maximum absolute atomic E-state index is 3.65. The fourth-order valence-corrected chi connectivity index (χ4v) is 1.07. The molecule has 0 spiro atoms. The van der Waals surface area contributed by atoms with Crippen molar-refractivity contribution in [2.45, 2.75) is 18.9 Å². The van der Waals surface area contributed by atoms with Gasteiger partial charge >= 0.3 is 0 Å². The van der Waals surface area contributed by atoms with Crippen LogP contribution in [-0.4, -0.2) is 15.4 Å². The van der Waals surface area contributed by atoms with Crippen molar-refractivity contribution >= 4 is 11.8 Å². The summed E-state index contributed by atoms with van der Waals surface area (Å²) in [5.41, 5.74) is 0. The Labute approximate surface area is 64.6 Å². The number of aromatic amines is 1. The van der Waals surface area contributed by atoms with Crippen LogP contribution in [0.4, 0.5) is 0 Å². The Balaban J connectivity index is 2.28. The molecule has 0 bridgehead atoms. The highest BCUT2D eigenvalue weighted by Gasteiger charge is 1.97. The fourth-order valence-electron chi connectivity index (χ4n) is 0.454. The SMILES string of the molecule is CC(C)[CH]Sc1cnn[nH]1. The first-order valence-corrected chi connectivity index (χ1v) is 4.03. The van der Waals surface area contributed by atoms with Gasteiger partial charge in [0.2, 0.25) is 0 Å². The molecule has 10 heavy (non-hydrogen) atoms. The van der Waals surface area contributed by atoms with Crippen LogP contribution in [0.2, 0.25) is 0 Å². The number of aromatic nitrogens is 3. The van der Waals surface area contributed by atoms with E-state index in [1.54, 1.807) is 18.0 Å². The molecule has 0 amide bonds. The number of nitrogens with one attached hydrogen (secondary N) is 1. The molecule has 1 radical (unpaired) electrons. The Morgan fingerprint density at radius 3 is 3.00 bits per heavy atom. The van der Waals surface area contributed by atoms with Gasteiger partial charge in [0.15, 0.2) is 0 Å². The maximum Gasteiger partial charge on any atom is 0.111 e. The van der Waals surface area contributed by atoms with Gasteiger partial charge in [-0.1, -0.05) is 19.1 Å². The molecule has 0 unspecified atom stereocenters. The van der Waals surface area contributed by atoms with E-state index in [1.165, 1.54) is 0 Å². The molecule has 0 atom stereocenters. The minimum atomic E-state index is 0.591. The van der Waals surface area contributed by atoms with Gasteiger partial charge in [0.1, 0.15) is 5.03 Å². The monoisotopic (exact) mass is 156 g/mol. The normalized spacial score (nSPS) is 10.7. The first-order chi connectivity index (χ1) is 4.79. The van der Waals surface area contributed by atoms with Crippen molar-refractivity contribution in [3.63, 3.8) is 0 Å². The molecule has 55 valence electrons. The first-order valence-electron chi connectivity index (χ1n) is 3.15. The van der Waals surface area contributed by atoms with Crippen LogP contribution >= 0.6 is 11.8 Å². The van der Waals surface area contributed by atoms with Crippen LogP contribution in [-0.2, 0) is 0 Å². The predicted octanol–water partition coefficient (Wildman–Crippen LogP) is 1.71. The molecule has 0 fully saturated rings. The molecule has 0 saturated carbocycles. The van der Waals surface area contributed by atoms with E-state index in [2.05, 4.69) is 35.0 Å². The first kappa shape index (κ1) is 7.60. The summed E-state index contributed by atoms with van der Waals surface area (Å²) in [4.78, 5) is 0. The maximum atomic E-state index is 3.65. The zero-order valence-electron chi connectivity index (χ0n) is 6.03. The third kappa shape index (κ3) is 2.39. The average Bonchev–Trinajstić information content (AvgIpc) is 2.34. The molecule has 0 aromatic carbocycles. The van der Waals surface area contributed by atoms with E-state index in [0.717, 1.165) is 5.03 Å². The highest BCUT2D eigenvalue weighted by Crippen LogP contribution is 2.20. The quantitative estimate of drug-likeness (QED) is 0.677. The molecule has 1 heterocycles. The van der Waals surface area contributed by atoms with E-state index < -0.39 is 0 Å². The highest BCUT2D eigenvalue weighted by atomic mass is 32.2. The van der Waals surface area contributed by atoms with Crippen molar-refractivity contribution in [3.8, 4) is 0 Å². The summed E-state index contributed by atoms with van der Waals surface area (Å²) in [6.07, 6.45) is 1.71. The third-order valence-electron chi connectivity index (χ3n) is 0.860. The van der Waals surface area contributed by atoms with Crippen LogP contribution in [0.1, 0.15) is 13.8 Å². The van der Waals surface area contributed by atoms with E-state index in [4.69, 9.17) is 0 Å². The molecule has 0 aliphatic heterocycles. The Hall–Kier alpha value is -0.510. The van der Waals surface area contributed by atoms with Crippen LogP contribution in [0, 0.1) is 11.7 Å². The zero-order chi connectivity index (χ0) is 7.40. The van der Waals surface area contributed by atoms with E-state index in [0.29, 0.717) is 5.92 Å². The fraction of sp³-hybridized carbons (Fsp3) is 0.500. The standard InChI is InChI=1S/C6H10N3S/c1-5(2)4-10-6-3-7-9-8-6/h3-5H,1-2H3,(H,7,8,9). The van der Waals surface area contributed by atoms with Crippen molar-refractivity contribution in [1.29, 1.82) is 0 Å².